The molecule has 1 heterocycles. The number of anilines is 1. The molecule has 2 rings (SSSR count). The van der Waals surface area contributed by atoms with E-state index >= 15 is 0 Å². The van der Waals surface area contributed by atoms with Crippen LogP contribution in [-0.4, -0.2) is 23.3 Å². The van der Waals surface area contributed by atoms with Crippen molar-refractivity contribution in [2.45, 2.75) is 26.3 Å². The Morgan fingerprint density at radius 3 is 2.71 bits per heavy atom. The first-order valence-corrected chi connectivity index (χ1v) is 8.05. The molecule has 0 bridgehead atoms. The first-order chi connectivity index (χ1) is 9.74. The lowest BCUT2D eigenvalue weighted by Crippen LogP contribution is -2.19. The smallest absolute Gasteiger partial charge is 0.404 e. The second kappa shape index (κ2) is 6.48. The van der Waals surface area contributed by atoms with Gasteiger partial charge < -0.3 is 10.1 Å². The number of halogens is 4. The highest BCUT2D eigenvalue weighted by Crippen LogP contribution is 2.34. The first-order valence-electron chi connectivity index (χ1n) is 6.27. The van der Waals surface area contributed by atoms with E-state index in [1.807, 2.05) is 0 Å². The van der Waals surface area contributed by atoms with Gasteiger partial charge in [-0.1, -0.05) is 41.5 Å². The Labute approximate surface area is 133 Å². The van der Waals surface area contributed by atoms with Gasteiger partial charge in [0.05, 0.1) is 11.7 Å². The van der Waals surface area contributed by atoms with Gasteiger partial charge in [0, 0.05) is 10.2 Å². The van der Waals surface area contributed by atoms with Crippen molar-refractivity contribution >= 4 is 38.5 Å². The molecule has 8 heteroatoms. The molecular weight excluding hydrogens is 369 g/mol. The van der Waals surface area contributed by atoms with Gasteiger partial charge in [-0.2, -0.15) is 0 Å². The van der Waals surface area contributed by atoms with Gasteiger partial charge in [-0.15, -0.1) is 13.2 Å². The molecular formula is C13H14BrF3N2OS. The van der Waals surface area contributed by atoms with Crippen LogP contribution in [0.4, 0.5) is 18.9 Å². The molecule has 1 unspecified atom stereocenters. The lowest BCUT2D eigenvalue weighted by atomic mass is 10.1. The van der Waals surface area contributed by atoms with Crippen LogP contribution in [0, 0.1) is 5.92 Å². The van der Waals surface area contributed by atoms with E-state index in [0.29, 0.717) is 15.6 Å². The third-order valence-corrected chi connectivity index (χ3v) is 4.34. The van der Waals surface area contributed by atoms with Crippen LogP contribution in [0.15, 0.2) is 27.7 Å². The van der Waals surface area contributed by atoms with Crippen LogP contribution >= 0.6 is 27.7 Å². The van der Waals surface area contributed by atoms with Gasteiger partial charge in [-0.3, -0.25) is 4.99 Å². The number of thioether (sulfide) groups is 1. The van der Waals surface area contributed by atoms with E-state index in [0.717, 1.165) is 5.75 Å². The van der Waals surface area contributed by atoms with Crippen molar-refractivity contribution < 1.29 is 17.9 Å². The van der Waals surface area contributed by atoms with Gasteiger partial charge in [0.1, 0.15) is 0 Å². The zero-order chi connectivity index (χ0) is 15.6. The van der Waals surface area contributed by atoms with Crippen molar-refractivity contribution in [1.82, 2.24) is 0 Å². The molecule has 1 aliphatic heterocycles. The van der Waals surface area contributed by atoms with Crippen molar-refractivity contribution in [2.75, 3.05) is 11.1 Å². The number of rotatable bonds is 3. The predicted octanol–water partition coefficient (Wildman–Crippen LogP) is 4.89. The van der Waals surface area contributed by atoms with Gasteiger partial charge >= 0.3 is 6.36 Å². The summed E-state index contributed by atoms with van der Waals surface area (Å²) in [4.78, 5) is 4.46. The van der Waals surface area contributed by atoms with E-state index in [4.69, 9.17) is 0 Å². The third kappa shape index (κ3) is 4.81. The Bertz CT molecular complexity index is 549. The molecule has 1 aliphatic rings. The standard InChI is InChI=1S/C13H14BrF3N2OS/c1-7(2)10-6-21-12(19-10)18-9-4-3-8(14)5-11(9)20-13(15,16)17/h3-5,7,10H,6H2,1-2H3,(H,18,19). The van der Waals surface area contributed by atoms with Crippen molar-refractivity contribution in [3.63, 3.8) is 0 Å². The van der Waals surface area contributed by atoms with Gasteiger partial charge in [0.15, 0.2) is 10.9 Å². The molecule has 1 N–H and O–H groups in total. The highest BCUT2D eigenvalue weighted by molar-refractivity contribution is 9.10. The van der Waals surface area contributed by atoms with E-state index < -0.39 is 6.36 Å². The van der Waals surface area contributed by atoms with Gasteiger partial charge in [-0.25, -0.2) is 0 Å². The molecule has 0 fully saturated rings. The number of ether oxygens (including phenoxy) is 1. The fourth-order valence-corrected chi connectivity index (χ4v) is 3.24. The largest absolute Gasteiger partial charge is 0.573 e. The second-order valence-corrected chi connectivity index (χ2v) is 6.79. The lowest BCUT2D eigenvalue weighted by Gasteiger charge is -2.14. The second-order valence-electron chi connectivity index (χ2n) is 4.87. The topological polar surface area (TPSA) is 33.6 Å². The van der Waals surface area contributed by atoms with E-state index in [-0.39, 0.29) is 17.5 Å². The van der Waals surface area contributed by atoms with Gasteiger partial charge in [0.25, 0.3) is 0 Å². The molecule has 0 saturated heterocycles. The summed E-state index contributed by atoms with van der Waals surface area (Å²) < 4.78 is 41.9. The zero-order valence-electron chi connectivity index (χ0n) is 11.4. The normalized spacial score (nSPS) is 18.8. The molecule has 1 atom stereocenters. The quantitative estimate of drug-likeness (QED) is 0.807. The van der Waals surface area contributed by atoms with Crippen molar-refractivity contribution in [3.05, 3.63) is 22.7 Å². The van der Waals surface area contributed by atoms with Crippen LogP contribution in [0.2, 0.25) is 0 Å². The van der Waals surface area contributed by atoms with Crippen LogP contribution in [-0.2, 0) is 0 Å². The Morgan fingerprint density at radius 1 is 1.43 bits per heavy atom. The van der Waals surface area contributed by atoms with Crippen molar-refractivity contribution in [2.24, 2.45) is 10.9 Å². The molecule has 1 aromatic rings. The predicted molar refractivity (Wildman–Crippen MR) is 83.0 cm³/mol. The fourth-order valence-electron chi connectivity index (χ4n) is 1.72. The van der Waals surface area contributed by atoms with Crippen LogP contribution in [0.25, 0.3) is 0 Å². The summed E-state index contributed by atoms with van der Waals surface area (Å²) in [6, 6.07) is 4.62. The summed E-state index contributed by atoms with van der Waals surface area (Å²) in [5, 5.41) is 3.53. The van der Waals surface area contributed by atoms with Crippen LogP contribution < -0.4 is 10.1 Å². The van der Waals surface area contributed by atoms with E-state index in [1.165, 1.54) is 23.9 Å². The Kier molecular flexibility index (Phi) is 5.08. The van der Waals surface area contributed by atoms with Gasteiger partial charge in [-0.05, 0) is 24.1 Å². The molecule has 0 radical (unpaired) electrons. The third-order valence-electron chi connectivity index (χ3n) is 2.85. The number of aliphatic imine (C=N–C) groups is 1. The molecule has 0 amide bonds. The molecule has 0 saturated carbocycles. The summed E-state index contributed by atoms with van der Waals surface area (Å²) in [6.45, 7) is 4.13. The van der Waals surface area contributed by atoms with Crippen LogP contribution in [0.5, 0.6) is 5.75 Å². The summed E-state index contributed by atoms with van der Waals surface area (Å²) in [5.74, 6) is 0.937. The molecule has 0 aromatic heterocycles. The minimum atomic E-state index is -4.73. The minimum Gasteiger partial charge on any atom is -0.404 e. The molecule has 1 aromatic carbocycles. The van der Waals surface area contributed by atoms with Gasteiger partial charge in [0.2, 0.25) is 0 Å². The van der Waals surface area contributed by atoms with Crippen molar-refractivity contribution in [1.29, 1.82) is 0 Å². The summed E-state index contributed by atoms with van der Waals surface area (Å²) in [7, 11) is 0. The zero-order valence-corrected chi connectivity index (χ0v) is 13.8. The SMILES string of the molecule is CC(C)C1CSC(Nc2ccc(Br)cc2OC(F)(F)F)=N1. The van der Waals surface area contributed by atoms with E-state index in [9.17, 15) is 13.2 Å². The molecule has 0 aliphatic carbocycles. The van der Waals surface area contributed by atoms with Crippen LogP contribution in [0.3, 0.4) is 0 Å². The summed E-state index contributed by atoms with van der Waals surface area (Å²) in [6.07, 6.45) is -4.73. The number of alkyl halides is 3. The molecule has 3 nitrogen and oxygen atoms in total. The molecule has 116 valence electrons. The Balaban J connectivity index is 2.18. The van der Waals surface area contributed by atoms with Crippen molar-refractivity contribution in [3.8, 4) is 5.75 Å². The highest BCUT2D eigenvalue weighted by Gasteiger charge is 2.32. The monoisotopic (exact) mass is 382 g/mol. The number of nitrogens with one attached hydrogen (secondary N) is 1. The van der Waals surface area contributed by atoms with E-state index in [2.05, 4.69) is 44.8 Å². The maximum absolute atomic E-state index is 12.4. The Hall–Kier alpha value is -0.890. The summed E-state index contributed by atoms with van der Waals surface area (Å²) >= 11 is 4.63. The maximum Gasteiger partial charge on any atom is 0.573 e. The minimum absolute atomic E-state index is 0.180. The van der Waals surface area contributed by atoms with E-state index in [1.54, 1.807) is 6.07 Å². The fraction of sp³-hybridized carbons (Fsp3) is 0.462. The highest BCUT2D eigenvalue weighted by atomic mass is 79.9. The number of amidine groups is 1. The number of benzene rings is 1. The molecule has 21 heavy (non-hydrogen) atoms. The molecule has 0 spiro atoms. The average molecular weight is 383 g/mol. The number of hydrogen-bond acceptors (Lipinski definition) is 4. The average Bonchev–Trinajstić information content (AvgIpc) is 2.79. The lowest BCUT2D eigenvalue weighted by molar-refractivity contribution is -0.274. The maximum atomic E-state index is 12.4. The summed E-state index contributed by atoms with van der Waals surface area (Å²) in [5.41, 5.74) is 0.242. The number of hydrogen-bond donors (Lipinski definition) is 1. The first kappa shape index (κ1) is 16.5. The Morgan fingerprint density at radius 2 is 2.14 bits per heavy atom. The number of nitrogens with zero attached hydrogens (tertiary/aromatic N) is 1. The van der Waals surface area contributed by atoms with Crippen LogP contribution in [0.1, 0.15) is 13.8 Å².